The number of likely N-dealkylation sites (tertiary alicyclic amines) is 1. The second kappa shape index (κ2) is 10.4. The van der Waals surface area contributed by atoms with Gasteiger partial charge in [-0.1, -0.05) is 19.8 Å². The summed E-state index contributed by atoms with van der Waals surface area (Å²) < 4.78 is 0. The summed E-state index contributed by atoms with van der Waals surface area (Å²) in [5.41, 5.74) is 0. The van der Waals surface area contributed by atoms with Crippen LogP contribution in [0.5, 0.6) is 0 Å². The topological polar surface area (TPSA) is 78.5 Å². The lowest BCUT2D eigenvalue weighted by Crippen LogP contribution is -2.43. The van der Waals surface area contributed by atoms with E-state index in [9.17, 15) is 14.4 Å². The van der Waals surface area contributed by atoms with Crippen molar-refractivity contribution in [3.63, 3.8) is 0 Å². The van der Waals surface area contributed by atoms with E-state index in [1.807, 2.05) is 4.90 Å². The SMILES string of the molecule is CCCCCNC(=O)C1CCN(C(=O)CCCNC(=O)C2CC2)CC1. The van der Waals surface area contributed by atoms with E-state index in [0.29, 0.717) is 32.5 Å². The largest absolute Gasteiger partial charge is 0.356 e. The number of hydrogen-bond donors (Lipinski definition) is 2. The fraction of sp³-hybridized carbons (Fsp3) is 0.842. The lowest BCUT2D eigenvalue weighted by Gasteiger charge is -2.31. The first kappa shape index (κ1) is 19.7. The van der Waals surface area contributed by atoms with Crippen molar-refractivity contribution in [1.82, 2.24) is 15.5 Å². The minimum atomic E-state index is 0.0449. The van der Waals surface area contributed by atoms with Gasteiger partial charge in [-0.3, -0.25) is 14.4 Å². The van der Waals surface area contributed by atoms with Gasteiger partial charge in [0.25, 0.3) is 0 Å². The first-order valence-electron chi connectivity index (χ1n) is 9.95. The first-order valence-corrected chi connectivity index (χ1v) is 9.95. The molecular formula is C19H33N3O3. The third-order valence-corrected chi connectivity index (χ3v) is 5.11. The summed E-state index contributed by atoms with van der Waals surface area (Å²) in [6.45, 7) is 4.83. The molecule has 2 fully saturated rings. The van der Waals surface area contributed by atoms with Gasteiger partial charge in [0.05, 0.1) is 0 Å². The van der Waals surface area contributed by atoms with E-state index in [1.165, 1.54) is 0 Å². The number of carbonyl (C=O) groups excluding carboxylic acids is 3. The van der Waals surface area contributed by atoms with Gasteiger partial charge in [-0.2, -0.15) is 0 Å². The number of rotatable bonds is 10. The Morgan fingerprint density at radius 3 is 1.96 bits per heavy atom. The normalized spacial score (nSPS) is 18.0. The van der Waals surface area contributed by atoms with E-state index < -0.39 is 0 Å². The van der Waals surface area contributed by atoms with E-state index in [0.717, 1.165) is 51.5 Å². The van der Waals surface area contributed by atoms with Gasteiger partial charge in [0.2, 0.25) is 17.7 Å². The minimum Gasteiger partial charge on any atom is -0.356 e. The smallest absolute Gasteiger partial charge is 0.223 e. The number of nitrogens with one attached hydrogen (secondary N) is 2. The van der Waals surface area contributed by atoms with Gasteiger partial charge in [-0.05, 0) is 38.5 Å². The molecule has 6 nitrogen and oxygen atoms in total. The molecule has 0 bridgehead atoms. The second-order valence-corrected chi connectivity index (χ2v) is 7.32. The van der Waals surface area contributed by atoms with Gasteiger partial charge in [0, 0.05) is 44.4 Å². The summed E-state index contributed by atoms with van der Waals surface area (Å²) in [5.74, 6) is 0.693. The van der Waals surface area contributed by atoms with Crippen LogP contribution in [-0.4, -0.2) is 48.8 Å². The summed E-state index contributed by atoms with van der Waals surface area (Å²) in [6.07, 6.45) is 8.02. The van der Waals surface area contributed by atoms with E-state index in [2.05, 4.69) is 17.6 Å². The third kappa shape index (κ3) is 7.04. The van der Waals surface area contributed by atoms with Gasteiger partial charge in [0.1, 0.15) is 0 Å². The van der Waals surface area contributed by atoms with Crippen LogP contribution < -0.4 is 10.6 Å². The Balaban J connectivity index is 1.54. The molecule has 1 saturated heterocycles. The van der Waals surface area contributed by atoms with Crippen molar-refractivity contribution in [3.8, 4) is 0 Å². The maximum absolute atomic E-state index is 12.2. The van der Waals surface area contributed by atoms with Crippen LogP contribution in [0.25, 0.3) is 0 Å². The lowest BCUT2D eigenvalue weighted by atomic mass is 9.95. The average molecular weight is 351 g/mol. The molecule has 142 valence electrons. The highest BCUT2D eigenvalue weighted by molar-refractivity contribution is 5.81. The second-order valence-electron chi connectivity index (χ2n) is 7.32. The molecule has 2 N–H and O–H groups in total. The van der Waals surface area contributed by atoms with Gasteiger partial charge in [0.15, 0.2) is 0 Å². The Hall–Kier alpha value is -1.59. The van der Waals surface area contributed by atoms with E-state index in [-0.39, 0.29) is 29.6 Å². The van der Waals surface area contributed by atoms with Gasteiger partial charge in [-0.25, -0.2) is 0 Å². The Bertz CT molecular complexity index is 455. The molecule has 3 amide bonds. The maximum atomic E-state index is 12.2. The Morgan fingerprint density at radius 2 is 1.40 bits per heavy atom. The van der Waals surface area contributed by atoms with Gasteiger partial charge in [-0.15, -0.1) is 0 Å². The minimum absolute atomic E-state index is 0.0449. The quantitative estimate of drug-likeness (QED) is 0.590. The van der Waals surface area contributed by atoms with Crippen LogP contribution in [0.1, 0.15) is 64.7 Å². The number of unbranched alkanes of at least 4 members (excludes halogenated alkanes) is 2. The number of carbonyl (C=O) groups is 3. The van der Waals surface area contributed by atoms with Crippen molar-refractivity contribution in [2.45, 2.75) is 64.7 Å². The highest BCUT2D eigenvalue weighted by Gasteiger charge is 2.29. The summed E-state index contributed by atoms with van der Waals surface area (Å²) >= 11 is 0. The van der Waals surface area contributed by atoms with Crippen LogP contribution in [0.4, 0.5) is 0 Å². The molecule has 1 saturated carbocycles. The number of hydrogen-bond acceptors (Lipinski definition) is 3. The lowest BCUT2D eigenvalue weighted by molar-refractivity contribution is -0.135. The zero-order valence-corrected chi connectivity index (χ0v) is 15.5. The molecule has 2 aliphatic rings. The molecule has 0 spiro atoms. The molecule has 2 rings (SSSR count). The summed E-state index contributed by atoms with van der Waals surface area (Å²) in [6, 6.07) is 0. The number of nitrogens with zero attached hydrogens (tertiary/aromatic N) is 1. The fourth-order valence-electron chi connectivity index (χ4n) is 3.22. The summed E-state index contributed by atoms with van der Waals surface area (Å²) in [5, 5.41) is 5.91. The van der Waals surface area contributed by atoms with Crippen molar-refractivity contribution >= 4 is 17.7 Å². The summed E-state index contributed by atoms with van der Waals surface area (Å²) in [7, 11) is 0. The van der Waals surface area contributed by atoms with E-state index in [4.69, 9.17) is 0 Å². The van der Waals surface area contributed by atoms with E-state index >= 15 is 0 Å². The average Bonchev–Trinajstić information content (AvgIpc) is 3.47. The molecule has 0 atom stereocenters. The standard InChI is InChI=1S/C19H33N3O3/c1-2-3-4-11-20-19(25)16-9-13-22(14-10-16)17(23)6-5-12-21-18(24)15-7-8-15/h15-16H,2-14H2,1H3,(H,20,25)(H,21,24). The highest BCUT2D eigenvalue weighted by Crippen LogP contribution is 2.28. The van der Waals surface area contributed by atoms with Crippen LogP contribution >= 0.6 is 0 Å². The molecule has 0 aromatic rings. The monoisotopic (exact) mass is 351 g/mol. The predicted octanol–water partition coefficient (Wildman–Crippen LogP) is 1.84. The van der Waals surface area contributed by atoms with Gasteiger partial charge < -0.3 is 15.5 Å². The van der Waals surface area contributed by atoms with Crippen LogP contribution in [0.15, 0.2) is 0 Å². The first-order chi connectivity index (χ1) is 12.1. The van der Waals surface area contributed by atoms with Crippen LogP contribution in [0.2, 0.25) is 0 Å². The van der Waals surface area contributed by atoms with Gasteiger partial charge >= 0.3 is 0 Å². The molecule has 1 aliphatic carbocycles. The van der Waals surface area contributed by atoms with Crippen molar-refractivity contribution in [2.24, 2.45) is 11.8 Å². The molecule has 1 heterocycles. The van der Waals surface area contributed by atoms with Crippen molar-refractivity contribution in [2.75, 3.05) is 26.2 Å². The van der Waals surface area contributed by atoms with Crippen molar-refractivity contribution in [1.29, 1.82) is 0 Å². The molecule has 0 radical (unpaired) electrons. The molecule has 6 heteroatoms. The fourth-order valence-corrected chi connectivity index (χ4v) is 3.22. The molecule has 1 aliphatic heterocycles. The molecular weight excluding hydrogens is 318 g/mol. The predicted molar refractivity (Wildman–Crippen MR) is 96.8 cm³/mol. The molecule has 0 aromatic carbocycles. The summed E-state index contributed by atoms with van der Waals surface area (Å²) in [4.78, 5) is 37.7. The molecule has 25 heavy (non-hydrogen) atoms. The Kier molecular flexibility index (Phi) is 8.22. The maximum Gasteiger partial charge on any atom is 0.223 e. The Labute approximate surface area is 151 Å². The van der Waals surface area contributed by atoms with Crippen LogP contribution in [0.3, 0.4) is 0 Å². The number of piperidine rings is 1. The zero-order valence-electron chi connectivity index (χ0n) is 15.5. The number of amides is 3. The van der Waals surface area contributed by atoms with E-state index in [1.54, 1.807) is 0 Å². The molecule has 0 aromatic heterocycles. The Morgan fingerprint density at radius 1 is 0.840 bits per heavy atom. The third-order valence-electron chi connectivity index (χ3n) is 5.11. The molecule has 0 unspecified atom stereocenters. The van der Waals surface area contributed by atoms with Crippen LogP contribution in [0, 0.1) is 11.8 Å². The van der Waals surface area contributed by atoms with Crippen LogP contribution in [-0.2, 0) is 14.4 Å². The highest BCUT2D eigenvalue weighted by atomic mass is 16.2. The zero-order chi connectivity index (χ0) is 18.1. The van der Waals surface area contributed by atoms with Crippen molar-refractivity contribution in [3.05, 3.63) is 0 Å². The van der Waals surface area contributed by atoms with Crippen molar-refractivity contribution < 1.29 is 14.4 Å².